The van der Waals surface area contributed by atoms with Gasteiger partial charge in [0, 0.05) is 50.9 Å². The number of ether oxygens (including phenoxy) is 2. The van der Waals surface area contributed by atoms with Crippen molar-refractivity contribution in [3.63, 3.8) is 0 Å². The normalized spacial score (nSPS) is 16.4. The zero-order valence-corrected chi connectivity index (χ0v) is 23.4. The number of nitrogens with zero attached hydrogens (tertiary/aromatic N) is 5. The molecule has 208 valence electrons. The molecule has 0 radical (unpaired) electrons. The Bertz CT molecular complexity index is 1330. The molecule has 2 fully saturated rings. The van der Waals surface area contributed by atoms with Gasteiger partial charge in [-0.15, -0.1) is 0 Å². The SMILES string of the molecule is COc1ccc(C)c2sc(N(CCCN3CCOCC3)C(=O)c3ccc(N4CCCCC4)c([N+](=O)[O-])c3)nc12. The maximum Gasteiger partial charge on any atom is 0.293 e. The number of piperidine rings is 1. The fourth-order valence-electron chi connectivity index (χ4n) is 5.30. The molecule has 3 aromatic rings. The number of benzene rings is 2. The van der Waals surface area contributed by atoms with Gasteiger partial charge in [0.25, 0.3) is 11.6 Å². The molecule has 11 heteroatoms. The second-order valence-corrected chi connectivity index (χ2v) is 11.0. The van der Waals surface area contributed by atoms with Crippen LogP contribution in [0.2, 0.25) is 0 Å². The van der Waals surface area contributed by atoms with E-state index in [1.807, 2.05) is 19.1 Å². The number of nitro benzene ring substituents is 1. The number of fused-ring (bicyclic) bond motifs is 1. The lowest BCUT2D eigenvalue weighted by Crippen LogP contribution is -2.39. The van der Waals surface area contributed by atoms with Crippen LogP contribution in [0.4, 0.5) is 16.5 Å². The summed E-state index contributed by atoms with van der Waals surface area (Å²) in [5.74, 6) is 0.362. The Morgan fingerprint density at radius 3 is 2.64 bits per heavy atom. The highest BCUT2D eigenvalue weighted by atomic mass is 32.1. The summed E-state index contributed by atoms with van der Waals surface area (Å²) in [6.07, 6.45) is 3.89. The number of carbonyl (C=O) groups is 1. The number of aromatic nitrogens is 1. The van der Waals surface area contributed by atoms with Crippen LogP contribution in [0.15, 0.2) is 30.3 Å². The highest BCUT2D eigenvalue weighted by Gasteiger charge is 2.27. The number of aryl methyl sites for hydroxylation is 1. The monoisotopic (exact) mass is 553 g/mol. The average Bonchev–Trinajstić information content (AvgIpc) is 3.42. The first-order valence-corrected chi connectivity index (χ1v) is 14.4. The maximum absolute atomic E-state index is 14.0. The van der Waals surface area contributed by atoms with Gasteiger partial charge in [0.15, 0.2) is 5.13 Å². The molecule has 0 spiro atoms. The highest BCUT2D eigenvalue weighted by molar-refractivity contribution is 7.22. The van der Waals surface area contributed by atoms with Crippen LogP contribution in [0.1, 0.15) is 41.6 Å². The van der Waals surface area contributed by atoms with Crippen LogP contribution in [0, 0.1) is 17.0 Å². The first-order valence-electron chi connectivity index (χ1n) is 13.6. The number of methoxy groups -OCH3 is 1. The van der Waals surface area contributed by atoms with Crippen molar-refractivity contribution in [1.82, 2.24) is 9.88 Å². The molecule has 2 aliphatic heterocycles. The van der Waals surface area contributed by atoms with E-state index in [4.69, 9.17) is 14.5 Å². The summed E-state index contributed by atoms with van der Waals surface area (Å²) >= 11 is 1.45. The van der Waals surface area contributed by atoms with Gasteiger partial charge in [-0.05, 0) is 56.4 Å². The summed E-state index contributed by atoms with van der Waals surface area (Å²) in [5, 5.41) is 12.6. The smallest absolute Gasteiger partial charge is 0.293 e. The fraction of sp³-hybridized carbons (Fsp3) is 0.500. The summed E-state index contributed by atoms with van der Waals surface area (Å²) in [6, 6.07) is 8.74. The lowest BCUT2D eigenvalue weighted by Gasteiger charge is -2.29. The Morgan fingerprint density at radius 1 is 1.15 bits per heavy atom. The van der Waals surface area contributed by atoms with Gasteiger partial charge in [-0.1, -0.05) is 17.4 Å². The van der Waals surface area contributed by atoms with Crippen LogP contribution in [-0.2, 0) is 4.74 Å². The van der Waals surface area contributed by atoms with E-state index in [2.05, 4.69) is 9.80 Å². The number of morpholine rings is 1. The van der Waals surface area contributed by atoms with E-state index in [-0.39, 0.29) is 22.1 Å². The zero-order chi connectivity index (χ0) is 27.4. The number of carbonyl (C=O) groups excluding carboxylic acids is 1. The number of hydrogen-bond donors (Lipinski definition) is 0. The van der Waals surface area contributed by atoms with Crippen LogP contribution < -0.4 is 14.5 Å². The van der Waals surface area contributed by atoms with E-state index >= 15 is 0 Å². The molecule has 0 aliphatic carbocycles. The summed E-state index contributed by atoms with van der Waals surface area (Å²) in [4.78, 5) is 36.6. The number of anilines is 2. The first-order chi connectivity index (χ1) is 19.0. The number of amides is 1. The van der Waals surface area contributed by atoms with E-state index < -0.39 is 0 Å². The average molecular weight is 554 g/mol. The van der Waals surface area contributed by atoms with Crippen molar-refractivity contribution < 1.29 is 19.2 Å². The van der Waals surface area contributed by atoms with Crippen molar-refractivity contribution >= 4 is 44.0 Å². The van der Waals surface area contributed by atoms with Crippen LogP contribution >= 0.6 is 11.3 Å². The van der Waals surface area contributed by atoms with Gasteiger partial charge in [-0.2, -0.15) is 0 Å². The second kappa shape index (κ2) is 12.3. The Balaban J connectivity index is 1.47. The van der Waals surface area contributed by atoms with Crippen molar-refractivity contribution in [2.45, 2.75) is 32.6 Å². The third-order valence-electron chi connectivity index (χ3n) is 7.46. The van der Waals surface area contributed by atoms with Crippen molar-refractivity contribution in [3.05, 3.63) is 51.6 Å². The van der Waals surface area contributed by atoms with Crippen LogP contribution in [-0.4, -0.2) is 80.3 Å². The van der Waals surface area contributed by atoms with E-state index in [0.717, 1.165) is 74.2 Å². The molecule has 5 rings (SSSR count). The topological polar surface area (TPSA) is 101 Å². The molecule has 10 nitrogen and oxygen atoms in total. The van der Waals surface area contributed by atoms with E-state index in [1.165, 1.54) is 17.4 Å². The third-order valence-corrected chi connectivity index (χ3v) is 8.68. The summed E-state index contributed by atoms with van der Waals surface area (Å²) in [6.45, 7) is 8.03. The van der Waals surface area contributed by atoms with Crippen molar-refractivity contribution in [2.75, 3.05) is 69.4 Å². The van der Waals surface area contributed by atoms with Gasteiger partial charge in [-0.3, -0.25) is 24.7 Å². The minimum atomic E-state index is -0.380. The Morgan fingerprint density at radius 2 is 1.92 bits per heavy atom. The molecule has 3 heterocycles. The molecule has 0 unspecified atom stereocenters. The Hall–Kier alpha value is -3.28. The van der Waals surface area contributed by atoms with E-state index in [9.17, 15) is 14.9 Å². The molecule has 2 aliphatic rings. The van der Waals surface area contributed by atoms with Gasteiger partial charge in [0.1, 0.15) is 17.0 Å². The van der Waals surface area contributed by atoms with Crippen molar-refractivity contribution in [3.8, 4) is 5.75 Å². The van der Waals surface area contributed by atoms with Gasteiger partial charge >= 0.3 is 0 Å². The number of rotatable bonds is 9. The number of hydrogen-bond acceptors (Lipinski definition) is 9. The second-order valence-electron chi connectivity index (χ2n) is 10.0. The van der Waals surface area contributed by atoms with Gasteiger partial charge in [0.05, 0.1) is 29.9 Å². The molecule has 1 aromatic heterocycles. The van der Waals surface area contributed by atoms with Crippen LogP contribution in [0.3, 0.4) is 0 Å². The Labute approximate surface area is 232 Å². The lowest BCUT2D eigenvalue weighted by molar-refractivity contribution is -0.384. The molecule has 2 saturated heterocycles. The molecule has 0 N–H and O–H groups in total. The molecule has 0 saturated carbocycles. The van der Waals surface area contributed by atoms with E-state index in [1.54, 1.807) is 24.1 Å². The van der Waals surface area contributed by atoms with Gasteiger partial charge in [0.2, 0.25) is 0 Å². The minimum absolute atomic E-state index is 0.0298. The first kappa shape index (κ1) is 27.3. The summed E-state index contributed by atoms with van der Waals surface area (Å²) < 4.78 is 12.0. The van der Waals surface area contributed by atoms with Crippen LogP contribution in [0.25, 0.3) is 10.2 Å². The fourth-order valence-corrected chi connectivity index (χ4v) is 6.38. The van der Waals surface area contributed by atoms with Crippen molar-refractivity contribution in [2.24, 2.45) is 0 Å². The molecular weight excluding hydrogens is 518 g/mol. The Kier molecular flexibility index (Phi) is 8.59. The van der Waals surface area contributed by atoms with Crippen LogP contribution in [0.5, 0.6) is 5.75 Å². The van der Waals surface area contributed by atoms with Gasteiger partial charge < -0.3 is 14.4 Å². The molecular formula is C28H35N5O5S. The summed E-state index contributed by atoms with van der Waals surface area (Å²) in [5.41, 5.74) is 2.61. The predicted molar refractivity (Wildman–Crippen MR) is 154 cm³/mol. The van der Waals surface area contributed by atoms with Crippen molar-refractivity contribution in [1.29, 1.82) is 0 Å². The highest BCUT2D eigenvalue weighted by Crippen LogP contribution is 2.38. The standard InChI is InChI=1S/C28H35N5O5S/c1-20-7-10-24(37-2)25-26(20)39-28(29-25)32(14-6-11-30-15-17-38-18-16-30)27(34)21-8-9-22(23(19-21)33(35)36)31-12-4-3-5-13-31/h7-10,19H,3-6,11-18H2,1-2H3. The molecule has 1 amide bonds. The quantitative estimate of drug-likeness (QED) is 0.273. The minimum Gasteiger partial charge on any atom is -0.494 e. The zero-order valence-electron chi connectivity index (χ0n) is 22.6. The number of thiazole rings is 1. The maximum atomic E-state index is 14.0. The summed E-state index contributed by atoms with van der Waals surface area (Å²) in [7, 11) is 1.61. The third kappa shape index (κ3) is 6.00. The largest absolute Gasteiger partial charge is 0.494 e. The molecule has 0 bridgehead atoms. The molecule has 2 aromatic carbocycles. The van der Waals surface area contributed by atoms with Gasteiger partial charge in [-0.25, -0.2) is 4.98 Å². The molecule has 39 heavy (non-hydrogen) atoms. The lowest BCUT2D eigenvalue weighted by atomic mass is 10.1. The molecule has 0 atom stereocenters. The van der Waals surface area contributed by atoms with E-state index in [0.29, 0.717) is 36.3 Å². The number of nitro groups is 1. The predicted octanol–water partition coefficient (Wildman–Crippen LogP) is 4.88.